The molecule has 0 spiro atoms. The number of carbonyl (C=O) groups excluding carboxylic acids is 2. The molecule has 0 radical (unpaired) electrons. The van der Waals surface area contributed by atoms with Gasteiger partial charge in [-0.3, -0.25) is 9.59 Å². The van der Waals surface area contributed by atoms with Gasteiger partial charge in [0.25, 0.3) is 0 Å². The highest BCUT2D eigenvalue weighted by Crippen LogP contribution is 2.38. The van der Waals surface area contributed by atoms with Crippen molar-refractivity contribution < 1.29 is 9.59 Å². The maximum absolute atomic E-state index is 12.7. The smallest absolute Gasteiger partial charge is 0.246 e. The Morgan fingerprint density at radius 2 is 2.15 bits per heavy atom. The number of amides is 2. The third-order valence-electron chi connectivity index (χ3n) is 4.09. The first kappa shape index (κ1) is 13.6. The summed E-state index contributed by atoms with van der Waals surface area (Å²) in [6, 6.07) is 3.37. The quantitative estimate of drug-likeness (QED) is 0.923. The monoisotopic (exact) mass is 292 g/mol. The predicted octanol–water partition coefficient (Wildman–Crippen LogP) is 2.01. The Morgan fingerprint density at radius 1 is 1.40 bits per heavy atom. The number of hydrogen-bond acceptors (Lipinski definition) is 3. The molecule has 1 aliphatic heterocycles. The van der Waals surface area contributed by atoms with Crippen molar-refractivity contribution in [2.75, 3.05) is 0 Å². The summed E-state index contributed by atoms with van der Waals surface area (Å²) in [4.78, 5) is 28.0. The molecule has 108 valence electrons. The van der Waals surface area contributed by atoms with Gasteiger partial charge in [-0.1, -0.05) is 19.9 Å². The molecule has 1 saturated carbocycles. The van der Waals surface area contributed by atoms with Crippen LogP contribution in [0.25, 0.3) is 0 Å². The SMILES string of the molecule is CC(C)C1NC(=O)C(C2CC2)N(Cc2cccs2)C1=O. The zero-order chi connectivity index (χ0) is 14.3. The van der Waals surface area contributed by atoms with Gasteiger partial charge in [-0.05, 0) is 36.1 Å². The highest BCUT2D eigenvalue weighted by Gasteiger charge is 2.48. The van der Waals surface area contributed by atoms with Crippen molar-refractivity contribution in [3.8, 4) is 0 Å². The lowest BCUT2D eigenvalue weighted by Crippen LogP contribution is -2.64. The molecule has 2 heterocycles. The molecule has 2 fully saturated rings. The molecule has 4 nitrogen and oxygen atoms in total. The van der Waals surface area contributed by atoms with Crippen molar-refractivity contribution in [2.45, 2.75) is 45.3 Å². The molecule has 1 saturated heterocycles. The van der Waals surface area contributed by atoms with E-state index in [-0.39, 0.29) is 29.8 Å². The zero-order valence-electron chi connectivity index (χ0n) is 11.8. The molecule has 1 aromatic rings. The summed E-state index contributed by atoms with van der Waals surface area (Å²) in [6.45, 7) is 4.52. The van der Waals surface area contributed by atoms with Gasteiger partial charge in [0.1, 0.15) is 12.1 Å². The Morgan fingerprint density at radius 3 is 2.70 bits per heavy atom. The first-order chi connectivity index (χ1) is 9.58. The average molecular weight is 292 g/mol. The minimum absolute atomic E-state index is 0.0300. The van der Waals surface area contributed by atoms with Gasteiger partial charge in [0.2, 0.25) is 11.8 Å². The van der Waals surface area contributed by atoms with Crippen LogP contribution in [0, 0.1) is 11.8 Å². The van der Waals surface area contributed by atoms with Crippen LogP contribution in [0.2, 0.25) is 0 Å². The van der Waals surface area contributed by atoms with E-state index in [0.29, 0.717) is 12.5 Å². The standard InChI is InChI=1S/C15H20N2O2S/c1-9(2)12-15(19)17(8-11-4-3-7-20-11)13(10-5-6-10)14(18)16-12/h3-4,7,9-10,12-13H,5-6,8H2,1-2H3,(H,16,18). The van der Waals surface area contributed by atoms with Crippen LogP contribution in [0.15, 0.2) is 17.5 Å². The maximum atomic E-state index is 12.7. The molecule has 2 unspecified atom stereocenters. The minimum Gasteiger partial charge on any atom is -0.342 e. The number of hydrogen-bond donors (Lipinski definition) is 1. The number of thiophene rings is 1. The van der Waals surface area contributed by atoms with Crippen LogP contribution in [0.3, 0.4) is 0 Å². The molecule has 2 aliphatic rings. The van der Waals surface area contributed by atoms with Gasteiger partial charge >= 0.3 is 0 Å². The van der Waals surface area contributed by atoms with E-state index >= 15 is 0 Å². The molecule has 1 N–H and O–H groups in total. The first-order valence-corrected chi connectivity index (χ1v) is 8.09. The summed E-state index contributed by atoms with van der Waals surface area (Å²) < 4.78 is 0. The molecule has 0 bridgehead atoms. The second kappa shape index (κ2) is 5.20. The fourth-order valence-electron chi connectivity index (χ4n) is 2.84. The van der Waals surface area contributed by atoms with E-state index in [1.54, 1.807) is 11.3 Å². The Labute approximate surface area is 123 Å². The van der Waals surface area contributed by atoms with Crippen LogP contribution in [0.4, 0.5) is 0 Å². The second-order valence-electron chi connectivity index (χ2n) is 6.06. The molecule has 5 heteroatoms. The Balaban J connectivity index is 1.86. The molecule has 3 rings (SSSR count). The lowest BCUT2D eigenvalue weighted by molar-refractivity contribution is -0.152. The first-order valence-electron chi connectivity index (χ1n) is 7.21. The van der Waals surface area contributed by atoms with Crippen molar-refractivity contribution in [3.05, 3.63) is 22.4 Å². The summed E-state index contributed by atoms with van der Waals surface area (Å²) in [7, 11) is 0. The van der Waals surface area contributed by atoms with Crippen molar-refractivity contribution >= 4 is 23.2 Å². The molecule has 0 aromatic carbocycles. The molecule has 1 aliphatic carbocycles. The van der Waals surface area contributed by atoms with E-state index < -0.39 is 0 Å². The normalized spacial score (nSPS) is 27.1. The van der Waals surface area contributed by atoms with Gasteiger partial charge in [0, 0.05) is 4.88 Å². The van der Waals surface area contributed by atoms with Crippen molar-refractivity contribution in [3.63, 3.8) is 0 Å². The van der Waals surface area contributed by atoms with Crippen LogP contribution in [-0.2, 0) is 16.1 Å². The van der Waals surface area contributed by atoms with Crippen molar-refractivity contribution in [1.82, 2.24) is 10.2 Å². The molecule has 20 heavy (non-hydrogen) atoms. The highest BCUT2D eigenvalue weighted by molar-refractivity contribution is 7.09. The summed E-state index contributed by atoms with van der Waals surface area (Å²) in [6.07, 6.45) is 2.11. The predicted molar refractivity (Wildman–Crippen MR) is 78.1 cm³/mol. The Bertz CT molecular complexity index is 508. The summed E-state index contributed by atoms with van der Waals surface area (Å²) >= 11 is 1.64. The third kappa shape index (κ3) is 2.46. The Hall–Kier alpha value is -1.36. The van der Waals surface area contributed by atoms with Gasteiger partial charge in [0.05, 0.1) is 6.54 Å². The molecular formula is C15H20N2O2S. The van der Waals surface area contributed by atoms with E-state index in [4.69, 9.17) is 0 Å². The van der Waals surface area contributed by atoms with Crippen molar-refractivity contribution in [2.24, 2.45) is 11.8 Å². The minimum atomic E-state index is -0.377. The van der Waals surface area contributed by atoms with E-state index in [9.17, 15) is 9.59 Å². The average Bonchev–Trinajstić information content (AvgIpc) is 3.09. The van der Waals surface area contributed by atoms with Crippen molar-refractivity contribution in [1.29, 1.82) is 0 Å². The largest absolute Gasteiger partial charge is 0.342 e. The summed E-state index contributed by atoms with van der Waals surface area (Å²) in [5, 5.41) is 4.93. The van der Waals surface area contributed by atoms with E-state index in [2.05, 4.69) is 5.32 Å². The zero-order valence-corrected chi connectivity index (χ0v) is 12.7. The number of nitrogens with one attached hydrogen (secondary N) is 1. The van der Waals surface area contributed by atoms with E-state index in [1.807, 2.05) is 36.3 Å². The van der Waals surface area contributed by atoms with Crippen LogP contribution < -0.4 is 5.32 Å². The van der Waals surface area contributed by atoms with Crippen LogP contribution in [0.1, 0.15) is 31.6 Å². The van der Waals surface area contributed by atoms with E-state index in [0.717, 1.165) is 17.7 Å². The van der Waals surface area contributed by atoms with Gasteiger partial charge in [-0.2, -0.15) is 0 Å². The summed E-state index contributed by atoms with van der Waals surface area (Å²) in [5.74, 6) is 0.580. The fraction of sp³-hybridized carbons (Fsp3) is 0.600. The number of carbonyl (C=O) groups is 2. The number of piperazine rings is 1. The lowest BCUT2D eigenvalue weighted by atomic mass is 9.96. The van der Waals surface area contributed by atoms with Crippen LogP contribution in [0.5, 0.6) is 0 Å². The van der Waals surface area contributed by atoms with Gasteiger partial charge in [0.15, 0.2) is 0 Å². The fourth-order valence-corrected chi connectivity index (χ4v) is 3.54. The van der Waals surface area contributed by atoms with Gasteiger partial charge in [-0.25, -0.2) is 0 Å². The lowest BCUT2D eigenvalue weighted by Gasteiger charge is -2.40. The van der Waals surface area contributed by atoms with Crippen LogP contribution >= 0.6 is 11.3 Å². The second-order valence-corrected chi connectivity index (χ2v) is 7.09. The summed E-state index contributed by atoms with van der Waals surface area (Å²) in [5.41, 5.74) is 0. The highest BCUT2D eigenvalue weighted by atomic mass is 32.1. The molecule has 2 atom stereocenters. The molecule has 1 aromatic heterocycles. The van der Waals surface area contributed by atoms with Crippen LogP contribution in [-0.4, -0.2) is 28.8 Å². The van der Waals surface area contributed by atoms with Gasteiger partial charge < -0.3 is 10.2 Å². The number of rotatable bonds is 4. The number of nitrogens with zero attached hydrogens (tertiary/aromatic N) is 1. The van der Waals surface area contributed by atoms with Gasteiger partial charge in [-0.15, -0.1) is 11.3 Å². The molecule has 2 amide bonds. The van der Waals surface area contributed by atoms with E-state index in [1.165, 1.54) is 0 Å². The Kier molecular flexibility index (Phi) is 3.54. The maximum Gasteiger partial charge on any atom is 0.246 e. The topological polar surface area (TPSA) is 49.4 Å². The third-order valence-corrected chi connectivity index (χ3v) is 4.95. The molecular weight excluding hydrogens is 272 g/mol.